The van der Waals surface area contributed by atoms with E-state index in [-0.39, 0.29) is 24.3 Å². The predicted molar refractivity (Wildman–Crippen MR) is 125 cm³/mol. The number of quaternary nitrogens is 1. The molecule has 0 bridgehead atoms. The van der Waals surface area contributed by atoms with Gasteiger partial charge in [0.15, 0.2) is 11.3 Å². The number of fused-ring (bicyclic) bond motifs is 1. The molecule has 2 amide bonds. The van der Waals surface area contributed by atoms with Gasteiger partial charge in [-0.15, -0.1) is 0 Å². The van der Waals surface area contributed by atoms with Crippen molar-refractivity contribution in [3.05, 3.63) is 35.9 Å². The lowest BCUT2D eigenvalue weighted by Crippen LogP contribution is -2.75. The molecule has 0 saturated heterocycles. The van der Waals surface area contributed by atoms with Gasteiger partial charge in [-0.2, -0.15) is 5.48 Å². The van der Waals surface area contributed by atoms with Crippen LogP contribution in [0, 0.1) is 0 Å². The van der Waals surface area contributed by atoms with E-state index in [2.05, 4.69) is 31.1 Å². The normalized spacial score (nSPS) is 11.5. The molecule has 33 heavy (non-hydrogen) atoms. The van der Waals surface area contributed by atoms with Crippen molar-refractivity contribution in [2.75, 3.05) is 32.7 Å². The minimum atomic E-state index is -0.294. The van der Waals surface area contributed by atoms with Crippen molar-refractivity contribution >= 4 is 34.8 Å². The molecule has 1 aromatic heterocycles. The topological polar surface area (TPSA) is 111 Å². The maximum atomic E-state index is 11.9. The summed E-state index contributed by atoms with van der Waals surface area (Å²) in [4.78, 5) is 34.9. The maximum absolute atomic E-state index is 11.9. The van der Waals surface area contributed by atoms with Crippen LogP contribution < -0.4 is 20.4 Å². The van der Waals surface area contributed by atoms with E-state index in [0.717, 1.165) is 17.7 Å². The predicted octanol–water partition coefficient (Wildman–Crippen LogP) is 2.66. The number of rotatable bonds is 9. The molecule has 1 heterocycles. The average molecular weight is 456 g/mol. The lowest BCUT2D eigenvalue weighted by molar-refractivity contribution is -0.830. The third kappa shape index (κ3) is 5.32. The van der Waals surface area contributed by atoms with Gasteiger partial charge < -0.3 is 19.4 Å². The Kier molecular flexibility index (Phi) is 7.35. The number of methoxy groups -OCH3 is 1. The van der Waals surface area contributed by atoms with Crippen LogP contribution in [0.1, 0.15) is 32.8 Å². The number of anilines is 1. The zero-order chi connectivity index (χ0) is 24.2. The largest absolute Gasteiger partial charge is 0.496 e. The molecule has 3 N–H and O–H groups in total. The van der Waals surface area contributed by atoms with Crippen molar-refractivity contribution in [2.45, 2.75) is 32.6 Å². The van der Waals surface area contributed by atoms with E-state index in [1.165, 1.54) is 4.90 Å². The van der Waals surface area contributed by atoms with E-state index in [1.54, 1.807) is 32.8 Å². The fraction of sp³-hybridized carbons (Fsp3) is 0.375. The Morgan fingerprint density at radius 3 is 2.61 bits per heavy atom. The molecule has 3 aromatic rings. The molecule has 9 heteroatoms. The number of nitrogens with zero attached hydrogens (tertiary/aromatic N) is 2. The van der Waals surface area contributed by atoms with Gasteiger partial charge in [0.1, 0.15) is 11.3 Å². The summed E-state index contributed by atoms with van der Waals surface area (Å²) in [7, 11) is 4.76. The molecule has 0 aliphatic heterocycles. The Bertz CT molecular complexity index is 1150. The summed E-state index contributed by atoms with van der Waals surface area (Å²) in [5, 5.41) is 2.58. The molecule has 0 atom stereocenters. The van der Waals surface area contributed by atoms with Gasteiger partial charge in [-0.25, -0.2) is 9.82 Å². The molecule has 9 nitrogen and oxygen atoms in total. The highest BCUT2D eigenvalue weighted by molar-refractivity contribution is 5.85. The fourth-order valence-electron chi connectivity index (χ4n) is 3.57. The quantitative estimate of drug-likeness (QED) is 0.292. The Hall–Kier alpha value is -3.43. The second-order valence-electron chi connectivity index (χ2n) is 8.65. The summed E-state index contributed by atoms with van der Waals surface area (Å²) in [5.74, 6) is 0.855. The molecule has 3 rings (SSSR count). The number of benzene rings is 2. The average Bonchev–Trinajstić information content (AvgIpc) is 3.21. The van der Waals surface area contributed by atoms with Crippen LogP contribution in [-0.4, -0.2) is 45.1 Å². The number of nitrogens with two attached hydrogens (primary N) is 1. The van der Waals surface area contributed by atoms with Crippen LogP contribution in [0.2, 0.25) is 0 Å². The summed E-state index contributed by atoms with van der Waals surface area (Å²) < 4.78 is 11.9. The van der Waals surface area contributed by atoms with Gasteiger partial charge in [0.2, 0.25) is 18.2 Å². The number of oxazole rings is 1. The molecule has 2 aromatic carbocycles. The van der Waals surface area contributed by atoms with Crippen molar-refractivity contribution in [3.63, 3.8) is 0 Å². The smallest absolute Gasteiger partial charge is 0.231 e. The fourth-order valence-corrected chi connectivity index (χ4v) is 3.57. The number of ether oxygens (including phenoxy) is 1. The summed E-state index contributed by atoms with van der Waals surface area (Å²) in [6, 6.07) is 9.31. The molecular weight excluding hydrogens is 424 g/mol. The first-order valence-electron chi connectivity index (χ1n) is 10.6. The van der Waals surface area contributed by atoms with Gasteiger partial charge in [0.05, 0.1) is 19.8 Å². The lowest BCUT2D eigenvalue weighted by atomic mass is 9.84. The zero-order valence-corrected chi connectivity index (χ0v) is 19.9. The molecule has 0 aliphatic carbocycles. The molecular formula is C24H31N4O5+. The van der Waals surface area contributed by atoms with Crippen molar-refractivity contribution in [1.29, 1.82) is 0 Å². The summed E-state index contributed by atoms with van der Waals surface area (Å²) >= 11 is 0. The van der Waals surface area contributed by atoms with Gasteiger partial charge in [-0.05, 0) is 23.6 Å². The summed E-state index contributed by atoms with van der Waals surface area (Å²) in [6.07, 6.45) is 0.906. The number of hydrogen-bond donors (Lipinski definition) is 2. The van der Waals surface area contributed by atoms with Crippen LogP contribution >= 0.6 is 0 Å². The van der Waals surface area contributed by atoms with E-state index in [9.17, 15) is 9.59 Å². The van der Waals surface area contributed by atoms with Crippen LogP contribution in [0.15, 0.2) is 34.7 Å². The molecule has 0 fully saturated rings. The van der Waals surface area contributed by atoms with Gasteiger partial charge in [-0.1, -0.05) is 20.8 Å². The first-order chi connectivity index (χ1) is 15.7. The van der Waals surface area contributed by atoms with E-state index in [4.69, 9.17) is 14.0 Å². The number of carbonyl (C=O) groups is 2. The molecule has 0 radical (unpaired) electrons. The molecule has 0 spiro atoms. The molecule has 176 valence electrons. The second-order valence-corrected chi connectivity index (χ2v) is 8.65. The third-order valence-corrected chi connectivity index (χ3v) is 5.30. The van der Waals surface area contributed by atoms with E-state index < -0.39 is 0 Å². The first kappa shape index (κ1) is 24.2. The van der Waals surface area contributed by atoms with Gasteiger partial charge in [-0.3, -0.25) is 9.59 Å². The van der Waals surface area contributed by atoms with E-state index >= 15 is 0 Å². The van der Waals surface area contributed by atoms with Crippen LogP contribution in [0.4, 0.5) is 11.4 Å². The Morgan fingerprint density at radius 1 is 1.24 bits per heavy atom. The number of carbonyl (C=O) groups excluding carboxylic acids is 2. The number of nitrogens with one attached hydrogen (secondary N) is 1. The number of aromatic nitrogens is 1. The van der Waals surface area contributed by atoms with Gasteiger partial charge in [0, 0.05) is 43.4 Å². The zero-order valence-electron chi connectivity index (χ0n) is 19.9. The summed E-state index contributed by atoms with van der Waals surface area (Å²) in [5.41, 5.74) is 5.62. The van der Waals surface area contributed by atoms with Crippen LogP contribution in [-0.2, 0) is 19.8 Å². The van der Waals surface area contributed by atoms with Crippen molar-refractivity contribution < 1.29 is 29.1 Å². The number of amides is 2. The lowest BCUT2D eigenvalue weighted by Gasteiger charge is -2.27. The highest BCUT2D eigenvalue weighted by Crippen LogP contribution is 2.42. The molecule has 0 unspecified atom stereocenters. The van der Waals surface area contributed by atoms with E-state index in [1.807, 2.05) is 24.3 Å². The van der Waals surface area contributed by atoms with Crippen LogP contribution in [0.3, 0.4) is 0 Å². The highest BCUT2D eigenvalue weighted by atomic mass is 16.6. The van der Waals surface area contributed by atoms with Gasteiger partial charge >= 0.3 is 0 Å². The Labute approximate surface area is 193 Å². The SMILES string of the molecule is CNC(=O)CCN(C=O)c1cc(-c2nc3ccc([NH2+]OC)cc3o2)c(OC)c(C(C)(C)C)c1. The van der Waals surface area contributed by atoms with Crippen molar-refractivity contribution in [2.24, 2.45) is 0 Å². The second kappa shape index (κ2) is 10.0. The third-order valence-electron chi connectivity index (χ3n) is 5.30. The standard InChI is InChI=1S/C24H30N4O5/c1-24(2,3)18-13-16(28(14-29)10-9-21(30)25-4)12-17(22(18)31-5)23-26-19-8-7-15(27-32-6)11-20(19)33-23/h7-8,11-14,27H,9-10H2,1-6H3,(H,25,30)/p+1. The first-order valence-corrected chi connectivity index (χ1v) is 10.6. The van der Waals surface area contributed by atoms with Crippen molar-refractivity contribution in [1.82, 2.24) is 10.3 Å². The molecule has 0 aliphatic rings. The van der Waals surface area contributed by atoms with E-state index in [0.29, 0.717) is 34.0 Å². The Balaban J connectivity index is 2.16. The molecule has 0 saturated carbocycles. The van der Waals surface area contributed by atoms with Crippen LogP contribution in [0.25, 0.3) is 22.6 Å². The monoisotopic (exact) mass is 455 g/mol. The maximum Gasteiger partial charge on any atom is 0.231 e. The Morgan fingerprint density at radius 2 is 2.00 bits per heavy atom. The van der Waals surface area contributed by atoms with Gasteiger partial charge in [0.25, 0.3) is 0 Å². The number of hydrogen-bond acceptors (Lipinski definition) is 6. The van der Waals surface area contributed by atoms with Crippen LogP contribution in [0.5, 0.6) is 5.75 Å². The minimum absolute atomic E-state index is 0.144. The van der Waals surface area contributed by atoms with Crippen molar-refractivity contribution in [3.8, 4) is 17.2 Å². The summed E-state index contributed by atoms with van der Waals surface area (Å²) in [6.45, 7) is 6.43. The highest BCUT2D eigenvalue weighted by Gasteiger charge is 2.26. The minimum Gasteiger partial charge on any atom is -0.496 e.